The Balaban J connectivity index is 0.00000327. The van der Waals surface area contributed by atoms with Crippen molar-refractivity contribution in [3.63, 3.8) is 0 Å². The Morgan fingerprint density at radius 2 is 1.77 bits per heavy atom. The lowest BCUT2D eigenvalue weighted by Gasteiger charge is -2.37. The Morgan fingerprint density at radius 3 is 2.43 bits per heavy atom. The summed E-state index contributed by atoms with van der Waals surface area (Å²) in [4.78, 5) is 81.4. The molecule has 3 aromatic heterocycles. The van der Waals surface area contributed by atoms with Gasteiger partial charge < -0.3 is 29.2 Å². The third kappa shape index (κ3) is 13.0. The van der Waals surface area contributed by atoms with Crippen LogP contribution in [0.1, 0.15) is 78.2 Å². The Bertz CT molecular complexity index is 2450. The Labute approximate surface area is 440 Å². The number of nitrogens with zero attached hydrogens (tertiary/aromatic N) is 8. The summed E-state index contributed by atoms with van der Waals surface area (Å²) in [5.41, 5.74) is 8.17. The Hall–Kier alpha value is -4.19. The zero-order chi connectivity index (χ0) is 46.0. The van der Waals surface area contributed by atoms with E-state index < -0.39 is 47.2 Å². The van der Waals surface area contributed by atoms with Gasteiger partial charge >= 0.3 is 5.97 Å². The van der Waals surface area contributed by atoms with Gasteiger partial charge in [0.05, 0.1) is 36.6 Å². The molecule has 5 atom stereocenters. The minimum Gasteiger partial charge on any atom is -0.464 e. The predicted molar refractivity (Wildman–Crippen MR) is 292 cm³/mol. The number of carbonyl (C=O) groups excluding carboxylic acids is 5. The minimum atomic E-state index is -1.17. The largest absolute Gasteiger partial charge is 0.464 e. The highest BCUT2D eigenvalue weighted by atomic mass is 32.1. The maximum atomic E-state index is 14.5. The lowest BCUT2D eigenvalue weighted by atomic mass is 9.84. The second-order valence-electron chi connectivity index (χ2n) is 18.3. The molecule has 2 fully saturated rings. The van der Waals surface area contributed by atoms with Crippen LogP contribution >= 0.6 is 67.5 Å². The van der Waals surface area contributed by atoms with Crippen LogP contribution in [0.5, 0.6) is 0 Å². The van der Waals surface area contributed by atoms with Crippen molar-refractivity contribution in [2.75, 3.05) is 40.4 Å². The molecule has 2 N–H and O–H groups in total. The van der Waals surface area contributed by atoms with Crippen LogP contribution in [-0.2, 0) is 53.0 Å². The van der Waals surface area contributed by atoms with Gasteiger partial charge in [-0.15, -0.1) is 0 Å². The number of hydrazine groups is 1. The monoisotopic (exact) mass is 1050 g/mol. The molecule has 3 aliphatic rings. The summed E-state index contributed by atoms with van der Waals surface area (Å²) in [5, 5.41) is 10.2. The van der Waals surface area contributed by atoms with E-state index in [-0.39, 0.29) is 118 Å². The van der Waals surface area contributed by atoms with Crippen molar-refractivity contribution in [1.82, 2.24) is 49.9 Å². The Kier molecular flexibility index (Phi) is 22.8. The molecule has 382 valence electrons. The van der Waals surface area contributed by atoms with Gasteiger partial charge in [-0.2, -0.15) is 72.6 Å². The van der Waals surface area contributed by atoms with E-state index in [2.05, 4.69) is 60.9 Å². The number of methoxy groups -OCH3 is 1. The molecule has 0 unspecified atom stereocenters. The van der Waals surface area contributed by atoms with Gasteiger partial charge in [-0.1, -0.05) is 34.3 Å². The van der Waals surface area contributed by atoms with Crippen LogP contribution in [0.25, 0.3) is 33.5 Å². The van der Waals surface area contributed by atoms with Crippen molar-refractivity contribution >= 4 is 108 Å². The summed E-state index contributed by atoms with van der Waals surface area (Å²) < 4.78 is 15.7. The molecule has 4 aromatic rings. The first-order valence-electron chi connectivity index (χ1n) is 22.3. The van der Waals surface area contributed by atoms with Crippen LogP contribution < -0.4 is 10.7 Å². The van der Waals surface area contributed by atoms with Crippen LogP contribution in [0.3, 0.4) is 0 Å². The summed E-state index contributed by atoms with van der Waals surface area (Å²) >= 11 is 0. The average Bonchev–Trinajstić information content (AvgIpc) is 4.05. The second kappa shape index (κ2) is 25.8. The zero-order valence-electron chi connectivity index (χ0n) is 40.8. The number of fused-ring (bicyclic) bond motifs is 6. The standard InChI is InChI=1S/C47H62N10O7.5H2S/c1-10-38(58)54-21-18-31(24-54)44(60)53(8)40(28(3)4)43(59)50-36-25-55-27-49-42(52-55)30-16-17-37-33(22-30)34(41(56(37)11-2)32-14-12-19-48-39(32)29(5)63-9)23-47(6,7)26-64-46(62)35-15-13-20-57(51-35)45(36)61;;;;;/h10,12,14,16-17,19,22,27-29,31,35-36,40,51H,1,11,13,15,18,20-21,23-26H2,2-9H3,(H,50,59);5*1H2/t29-,31-,35-,36-,40-;;;;;/m0...../s1. The third-order valence-electron chi connectivity index (χ3n) is 12.8. The maximum absolute atomic E-state index is 14.5. The quantitative estimate of drug-likeness (QED) is 0.163. The lowest BCUT2D eigenvalue weighted by molar-refractivity contribution is -0.155. The number of aromatic nitrogens is 5. The van der Waals surface area contributed by atoms with Gasteiger partial charge in [0.1, 0.15) is 24.5 Å². The van der Waals surface area contributed by atoms with Crippen molar-refractivity contribution < 1.29 is 33.4 Å². The molecule has 6 bridgehead atoms. The molecule has 2 saturated heterocycles. The van der Waals surface area contributed by atoms with Gasteiger partial charge in [0.15, 0.2) is 5.82 Å². The van der Waals surface area contributed by atoms with E-state index in [1.54, 1.807) is 25.3 Å². The van der Waals surface area contributed by atoms with Gasteiger partial charge in [-0.05, 0) is 87.4 Å². The molecule has 0 radical (unpaired) electrons. The molecule has 6 heterocycles. The highest BCUT2D eigenvalue weighted by Crippen LogP contribution is 2.41. The Morgan fingerprint density at radius 1 is 1.04 bits per heavy atom. The van der Waals surface area contributed by atoms with E-state index in [1.807, 2.05) is 32.9 Å². The van der Waals surface area contributed by atoms with Gasteiger partial charge in [-0.3, -0.25) is 34.0 Å². The number of hydrogen-bond donors (Lipinski definition) is 2. The first-order valence-corrected chi connectivity index (χ1v) is 22.3. The highest BCUT2D eigenvalue weighted by Gasteiger charge is 2.40. The number of benzene rings is 1. The zero-order valence-corrected chi connectivity index (χ0v) is 45.8. The summed E-state index contributed by atoms with van der Waals surface area (Å²) in [6.45, 7) is 17.1. The molecule has 69 heavy (non-hydrogen) atoms. The van der Waals surface area contributed by atoms with Crippen LogP contribution in [0.4, 0.5) is 0 Å². The number of carbonyl (C=O) groups is 5. The van der Waals surface area contributed by atoms with Gasteiger partial charge in [-0.25, -0.2) is 15.1 Å². The van der Waals surface area contributed by atoms with Crippen molar-refractivity contribution in [2.24, 2.45) is 17.3 Å². The summed E-state index contributed by atoms with van der Waals surface area (Å²) in [6.07, 6.45) is 6.25. The van der Waals surface area contributed by atoms with Crippen LogP contribution in [0.2, 0.25) is 0 Å². The first-order chi connectivity index (χ1) is 30.5. The van der Waals surface area contributed by atoms with E-state index in [1.165, 1.54) is 27.0 Å². The second-order valence-corrected chi connectivity index (χ2v) is 18.3. The van der Waals surface area contributed by atoms with Crippen molar-refractivity contribution in [1.29, 1.82) is 0 Å². The smallest absolute Gasteiger partial charge is 0.324 e. The predicted octanol–water partition coefficient (Wildman–Crippen LogP) is 4.88. The van der Waals surface area contributed by atoms with Crippen LogP contribution in [0, 0.1) is 17.3 Å². The summed E-state index contributed by atoms with van der Waals surface area (Å²) in [6, 6.07) is 7.23. The maximum Gasteiger partial charge on any atom is 0.324 e. The molecule has 0 saturated carbocycles. The first kappa shape index (κ1) is 60.9. The van der Waals surface area contributed by atoms with Gasteiger partial charge in [0.2, 0.25) is 17.7 Å². The fraction of sp³-hybridized carbons (Fsp3) is 0.532. The normalized spacial score (nSPS) is 19.8. The van der Waals surface area contributed by atoms with E-state index in [9.17, 15) is 24.0 Å². The number of rotatable bonds is 10. The highest BCUT2D eigenvalue weighted by molar-refractivity contribution is 7.60. The fourth-order valence-electron chi connectivity index (χ4n) is 9.42. The number of cyclic esters (lactones) is 1. The number of amides is 4. The van der Waals surface area contributed by atoms with Gasteiger partial charge in [0, 0.05) is 74.0 Å². The third-order valence-corrected chi connectivity index (χ3v) is 12.8. The molecular formula is C47H72N10O7S5. The van der Waals surface area contributed by atoms with Crippen molar-refractivity contribution in [3.05, 3.63) is 66.8 Å². The topological polar surface area (TPSA) is 186 Å². The number of hydrogen-bond acceptors (Lipinski definition) is 11. The number of ether oxygens (including phenoxy) is 2. The van der Waals surface area contributed by atoms with Crippen molar-refractivity contribution in [3.8, 4) is 22.6 Å². The SMILES string of the molecule is C=CC(=O)N1CC[C@H](C(=O)N(C)[C@H](C(=O)N[C@H]2Cn3cnc(n3)-c3ccc4c(c3)c(c(-c3cccnc3[C@H](C)OC)n4CC)CC(C)(C)COC(=O)[C@@H]3CCCN(N3)C2=O)C(C)C)C1.S.S.S.S.S. The van der Waals surface area contributed by atoms with Crippen molar-refractivity contribution in [2.45, 2.75) is 105 Å². The molecule has 0 aliphatic carbocycles. The van der Waals surface area contributed by atoms with Crippen LogP contribution in [0.15, 0.2) is 55.5 Å². The molecule has 0 spiro atoms. The van der Waals surface area contributed by atoms with E-state index in [0.717, 1.165) is 39.0 Å². The van der Waals surface area contributed by atoms with Gasteiger partial charge in [0.25, 0.3) is 5.91 Å². The molecular weight excluding hydrogens is 977 g/mol. The lowest BCUT2D eigenvalue weighted by Crippen LogP contribution is -2.62. The molecule has 22 heteroatoms. The molecule has 4 amide bonds. The van der Waals surface area contributed by atoms with E-state index in [0.29, 0.717) is 44.6 Å². The number of aryl methyl sites for hydroxylation is 1. The molecule has 3 aliphatic heterocycles. The fourth-order valence-corrected chi connectivity index (χ4v) is 9.42. The number of likely N-dealkylation sites (N-methyl/N-ethyl adjacent to an activating group) is 1. The van der Waals surface area contributed by atoms with Crippen LogP contribution in [-0.4, -0.2) is 127 Å². The number of pyridine rings is 1. The summed E-state index contributed by atoms with van der Waals surface area (Å²) in [7, 11) is 3.26. The molecule has 17 nitrogen and oxygen atoms in total. The number of esters is 1. The minimum absolute atomic E-state index is 0. The number of nitrogens with one attached hydrogen (secondary N) is 2. The van der Waals surface area contributed by atoms with E-state index >= 15 is 0 Å². The summed E-state index contributed by atoms with van der Waals surface area (Å²) in [5.74, 6) is -2.37. The molecule has 7 rings (SSSR count). The van der Waals surface area contributed by atoms with E-state index in [4.69, 9.17) is 24.5 Å². The molecule has 1 aromatic carbocycles. The number of likely N-dealkylation sites (tertiary alicyclic amines) is 1. The average molecular weight is 1050 g/mol.